The number of hydrogen-bond acceptors (Lipinski definition) is 4. The minimum Gasteiger partial charge on any atom is -0.489 e. The van der Waals surface area contributed by atoms with Crippen LogP contribution in [0, 0.1) is 13.8 Å². The minimum absolute atomic E-state index is 0.201. The molecule has 1 heterocycles. The normalized spacial score (nSPS) is 10.8. The van der Waals surface area contributed by atoms with E-state index in [4.69, 9.17) is 13.9 Å². The number of aryl methyl sites for hydroxylation is 2. The van der Waals surface area contributed by atoms with Crippen LogP contribution in [-0.2, 0) is 6.61 Å². The van der Waals surface area contributed by atoms with E-state index >= 15 is 0 Å². The molecule has 0 saturated heterocycles. The van der Waals surface area contributed by atoms with Crippen molar-refractivity contribution in [3.8, 4) is 17.2 Å². The molecule has 4 nitrogen and oxygen atoms in total. The van der Waals surface area contributed by atoms with Crippen molar-refractivity contribution in [3.05, 3.63) is 99.9 Å². The van der Waals surface area contributed by atoms with Crippen LogP contribution in [0.5, 0.6) is 17.2 Å². The zero-order valence-electron chi connectivity index (χ0n) is 15.8. The van der Waals surface area contributed by atoms with E-state index in [1.807, 2.05) is 43.3 Å². The van der Waals surface area contributed by atoms with E-state index in [2.05, 4.69) is 6.07 Å². The standard InChI is InChI=1S/C24H20O4/c1-16-7-6-8-18(13-16)15-26-20-11-12-21-22(14-20)27-17(2)24(23(21)25)28-19-9-4-3-5-10-19/h3-14H,15H2,1-2H3. The van der Waals surface area contributed by atoms with Crippen molar-refractivity contribution in [1.29, 1.82) is 0 Å². The summed E-state index contributed by atoms with van der Waals surface area (Å²) in [7, 11) is 0. The van der Waals surface area contributed by atoms with Crippen LogP contribution in [0.4, 0.5) is 0 Å². The number of rotatable bonds is 5. The summed E-state index contributed by atoms with van der Waals surface area (Å²) in [6.45, 7) is 4.22. The van der Waals surface area contributed by atoms with Gasteiger partial charge in [0.25, 0.3) is 0 Å². The number of hydrogen-bond donors (Lipinski definition) is 0. The molecule has 4 aromatic rings. The number of para-hydroxylation sites is 1. The fourth-order valence-electron chi connectivity index (χ4n) is 3.05. The molecule has 0 radical (unpaired) electrons. The highest BCUT2D eigenvalue weighted by Crippen LogP contribution is 2.27. The van der Waals surface area contributed by atoms with Gasteiger partial charge in [-0.05, 0) is 43.7 Å². The largest absolute Gasteiger partial charge is 0.489 e. The summed E-state index contributed by atoms with van der Waals surface area (Å²) in [5.74, 6) is 1.87. The monoisotopic (exact) mass is 372 g/mol. The Morgan fingerprint density at radius 2 is 1.68 bits per heavy atom. The molecule has 0 N–H and O–H groups in total. The number of fused-ring (bicyclic) bond motifs is 1. The Kier molecular flexibility index (Phi) is 4.85. The molecule has 0 atom stereocenters. The highest BCUT2D eigenvalue weighted by atomic mass is 16.5. The van der Waals surface area contributed by atoms with Crippen LogP contribution in [0.3, 0.4) is 0 Å². The van der Waals surface area contributed by atoms with Gasteiger partial charge in [-0.1, -0.05) is 48.0 Å². The van der Waals surface area contributed by atoms with Crippen molar-refractivity contribution < 1.29 is 13.9 Å². The average Bonchev–Trinajstić information content (AvgIpc) is 2.70. The maximum Gasteiger partial charge on any atom is 0.235 e. The molecule has 0 unspecified atom stereocenters. The Bertz CT molecular complexity index is 1180. The molecule has 140 valence electrons. The fraction of sp³-hybridized carbons (Fsp3) is 0.125. The molecular formula is C24H20O4. The summed E-state index contributed by atoms with van der Waals surface area (Å²) in [4.78, 5) is 12.9. The lowest BCUT2D eigenvalue weighted by molar-refractivity contribution is 0.306. The summed E-state index contributed by atoms with van der Waals surface area (Å²) < 4.78 is 17.5. The maximum atomic E-state index is 12.9. The molecule has 0 fully saturated rings. The van der Waals surface area contributed by atoms with Crippen molar-refractivity contribution in [2.45, 2.75) is 20.5 Å². The third kappa shape index (κ3) is 3.76. The molecule has 0 aliphatic rings. The van der Waals surface area contributed by atoms with E-state index in [-0.39, 0.29) is 11.2 Å². The van der Waals surface area contributed by atoms with Gasteiger partial charge in [0, 0.05) is 6.07 Å². The highest BCUT2D eigenvalue weighted by Gasteiger charge is 2.14. The SMILES string of the molecule is Cc1cccc(COc2ccc3c(=O)c(Oc4ccccc4)c(C)oc3c2)c1. The minimum atomic E-state index is -0.201. The van der Waals surface area contributed by atoms with Crippen LogP contribution in [0.2, 0.25) is 0 Å². The van der Waals surface area contributed by atoms with E-state index in [0.717, 1.165) is 5.56 Å². The van der Waals surface area contributed by atoms with E-state index in [1.165, 1.54) is 5.56 Å². The number of ether oxygens (including phenoxy) is 2. The van der Waals surface area contributed by atoms with Gasteiger partial charge in [0.15, 0.2) is 0 Å². The second-order valence-electron chi connectivity index (χ2n) is 6.67. The predicted octanol–water partition coefficient (Wildman–Crippen LogP) is 5.78. The highest BCUT2D eigenvalue weighted by molar-refractivity contribution is 5.79. The quantitative estimate of drug-likeness (QED) is 0.445. The third-order valence-corrected chi connectivity index (χ3v) is 4.44. The maximum absolute atomic E-state index is 12.9. The number of benzene rings is 3. The topological polar surface area (TPSA) is 48.7 Å². The Balaban J connectivity index is 1.62. The van der Waals surface area contributed by atoms with Crippen LogP contribution in [0.1, 0.15) is 16.9 Å². The molecule has 0 saturated carbocycles. The van der Waals surface area contributed by atoms with Crippen molar-refractivity contribution in [2.24, 2.45) is 0 Å². The predicted molar refractivity (Wildman–Crippen MR) is 109 cm³/mol. The van der Waals surface area contributed by atoms with Crippen molar-refractivity contribution in [2.75, 3.05) is 0 Å². The first-order valence-corrected chi connectivity index (χ1v) is 9.09. The van der Waals surface area contributed by atoms with E-state index in [1.54, 1.807) is 37.3 Å². The van der Waals surface area contributed by atoms with Crippen LogP contribution < -0.4 is 14.9 Å². The zero-order chi connectivity index (χ0) is 19.5. The molecule has 0 spiro atoms. The fourth-order valence-corrected chi connectivity index (χ4v) is 3.05. The third-order valence-electron chi connectivity index (χ3n) is 4.44. The average molecular weight is 372 g/mol. The lowest BCUT2D eigenvalue weighted by atomic mass is 10.1. The first kappa shape index (κ1) is 17.9. The Labute approximate surface area is 163 Å². The first-order chi connectivity index (χ1) is 13.6. The molecule has 0 aliphatic carbocycles. The smallest absolute Gasteiger partial charge is 0.235 e. The van der Waals surface area contributed by atoms with Crippen LogP contribution >= 0.6 is 0 Å². The van der Waals surface area contributed by atoms with Crippen LogP contribution in [0.25, 0.3) is 11.0 Å². The van der Waals surface area contributed by atoms with Gasteiger partial charge in [-0.3, -0.25) is 4.79 Å². The van der Waals surface area contributed by atoms with Gasteiger partial charge >= 0.3 is 0 Å². The summed E-state index contributed by atoms with van der Waals surface area (Å²) in [6.07, 6.45) is 0. The van der Waals surface area contributed by atoms with Crippen LogP contribution in [0.15, 0.2) is 82.0 Å². The summed E-state index contributed by atoms with van der Waals surface area (Å²) in [5, 5.41) is 0.458. The molecule has 0 amide bonds. The zero-order valence-corrected chi connectivity index (χ0v) is 15.8. The van der Waals surface area contributed by atoms with Gasteiger partial charge in [0.05, 0.1) is 5.39 Å². The van der Waals surface area contributed by atoms with E-state index in [0.29, 0.717) is 34.8 Å². The van der Waals surface area contributed by atoms with Crippen molar-refractivity contribution in [3.63, 3.8) is 0 Å². The molecule has 0 aliphatic heterocycles. The second-order valence-corrected chi connectivity index (χ2v) is 6.67. The summed E-state index contributed by atoms with van der Waals surface area (Å²) in [6, 6.07) is 22.6. The van der Waals surface area contributed by atoms with Gasteiger partial charge in [-0.25, -0.2) is 0 Å². The Morgan fingerprint density at radius 1 is 0.857 bits per heavy atom. The molecule has 3 aromatic carbocycles. The van der Waals surface area contributed by atoms with E-state index < -0.39 is 0 Å². The molecule has 28 heavy (non-hydrogen) atoms. The summed E-state index contributed by atoms with van der Waals surface area (Å²) in [5.41, 5.74) is 2.55. The second kappa shape index (κ2) is 7.61. The summed E-state index contributed by atoms with van der Waals surface area (Å²) >= 11 is 0. The van der Waals surface area contributed by atoms with E-state index in [9.17, 15) is 4.79 Å². The van der Waals surface area contributed by atoms with Crippen molar-refractivity contribution >= 4 is 11.0 Å². The first-order valence-electron chi connectivity index (χ1n) is 9.09. The van der Waals surface area contributed by atoms with Gasteiger partial charge in [-0.15, -0.1) is 0 Å². The Morgan fingerprint density at radius 3 is 2.46 bits per heavy atom. The molecule has 1 aromatic heterocycles. The molecular weight excluding hydrogens is 352 g/mol. The Hall–Kier alpha value is -3.53. The lowest BCUT2D eigenvalue weighted by Crippen LogP contribution is -2.07. The molecule has 4 rings (SSSR count). The molecule has 4 heteroatoms. The lowest BCUT2D eigenvalue weighted by Gasteiger charge is -2.10. The van der Waals surface area contributed by atoms with Crippen molar-refractivity contribution in [1.82, 2.24) is 0 Å². The van der Waals surface area contributed by atoms with Crippen LogP contribution in [-0.4, -0.2) is 0 Å². The molecule has 0 bridgehead atoms. The van der Waals surface area contributed by atoms with Gasteiger partial charge in [0.2, 0.25) is 11.2 Å². The van der Waals surface area contributed by atoms with Gasteiger partial charge in [-0.2, -0.15) is 0 Å². The van der Waals surface area contributed by atoms with Gasteiger partial charge < -0.3 is 13.9 Å². The van der Waals surface area contributed by atoms with Gasteiger partial charge in [0.1, 0.15) is 29.4 Å².